The zero-order valence-corrected chi connectivity index (χ0v) is 16.5. The molecule has 0 bridgehead atoms. The van der Waals surface area contributed by atoms with Gasteiger partial charge >= 0.3 is 11.8 Å². The van der Waals surface area contributed by atoms with Crippen LogP contribution in [0.15, 0.2) is 50.5 Å². The highest BCUT2D eigenvalue weighted by atomic mass is 32.2. The van der Waals surface area contributed by atoms with Gasteiger partial charge < -0.3 is 9.42 Å². The lowest BCUT2D eigenvalue weighted by Gasteiger charge is -2.10. The molecule has 0 radical (unpaired) electrons. The van der Waals surface area contributed by atoms with Gasteiger partial charge in [0.15, 0.2) is 0 Å². The van der Waals surface area contributed by atoms with Gasteiger partial charge in [0.25, 0.3) is 0 Å². The summed E-state index contributed by atoms with van der Waals surface area (Å²) in [5.74, 6) is -0.165. The van der Waals surface area contributed by atoms with Crippen LogP contribution in [0.1, 0.15) is 29.1 Å². The summed E-state index contributed by atoms with van der Waals surface area (Å²) in [6.07, 6.45) is 1.93. The Hall–Kier alpha value is -2.56. The van der Waals surface area contributed by atoms with Crippen LogP contribution in [0.5, 0.6) is 0 Å². The number of rotatable bonds is 6. The lowest BCUT2D eigenvalue weighted by molar-refractivity contribution is 0.0743. The molecule has 2 aromatic heterocycles. The van der Waals surface area contributed by atoms with Crippen LogP contribution in [-0.2, 0) is 16.6 Å². The third kappa shape index (κ3) is 3.98. The predicted molar refractivity (Wildman–Crippen MR) is 103 cm³/mol. The summed E-state index contributed by atoms with van der Waals surface area (Å²) in [4.78, 5) is 18.1. The molecule has 1 aromatic carbocycles. The van der Waals surface area contributed by atoms with E-state index in [2.05, 4.69) is 14.9 Å². The van der Waals surface area contributed by atoms with Gasteiger partial charge in [-0.1, -0.05) is 35.5 Å². The van der Waals surface area contributed by atoms with Crippen molar-refractivity contribution in [3.8, 4) is 11.4 Å². The fraction of sp³-hybridized carbons (Fsp3) is 0.278. The number of nitrogens with one attached hydrogen (secondary N) is 1. The highest BCUT2D eigenvalue weighted by Crippen LogP contribution is 2.27. The number of aromatic nitrogens is 2. The second-order valence-electron chi connectivity index (χ2n) is 6.39. The number of nitrogens with zero attached hydrogens (tertiary/aromatic N) is 3. The SMILES string of the molecule is O=C(c1nc(-c2csc(S(=O)(=O)NCc3ccccc3)c2)no1)N1CCCC1. The maximum Gasteiger partial charge on any atom is 0.316 e. The molecule has 1 amide bonds. The van der Waals surface area contributed by atoms with E-state index in [-0.39, 0.29) is 28.4 Å². The molecule has 3 aromatic rings. The molecule has 1 aliphatic rings. The fourth-order valence-corrected chi connectivity index (χ4v) is 5.12. The molecule has 1 aliphatic heterocycles. The molecule has 3 heterocycles. The zero-order chi connectivity index (χ0) is 19.6. The Balaban J connectivity index is 1.47. The molecule has 0 spiro atoms. The molecule has 0 atom stereocenters. The maximum atomic E-state index is 12.5. The van der Waals surface area contributed by atoms with Crippen LogP contribution in [0.4, 0.5) is 0 Å². The van der Waals surface area contributed by atoms with Crippen molar-refractivity contribution in [2.75, 3.05) is 13.1 Å². The van der Waals surface area contributed by atoms with E-state index in [0.717, 1.165) is 29.7 Å². The van der Waals surface area contributed by atoms with E-state index in [1.54, 1.807) is 10.3 Å². The van der Waals surface area contributed by atoms with Crippen LogP contribution >= 0.6 is 11.3 Å². The average molecular weight is 419 g/mol. The van der Waals surface area contributed by atoms with Crippen molar-refractivity contribution in [1.82, 2.24) is 19.8 Å². The van der Waals surface area contributed by atoms with Crippen molar-refractivity contribution in [3.63, 3.8) is 0 Å². The summed E-state index contributed by atoms with van der Waals surface area (Å²) in [6.45, 7) is 1.57. The quantitative estimate of drug-likeness (QED) is 0.659. The molecule has 1 saturated heterocycles. The minimum Gasteiger partial charge on any atom is -0.334 e. The van der Waals surface area contributed by atoms with Gasteiger partial charge in [-0.25, -0.2) is 13.1 Å². The summed E-state index contributed by atoms with van der Waals surface area (Å²) >= 11 is 1.06. The molecular formula is C18H18N4O4S2. The van der Waals surface area contributed by atoms with Crippen molar-refractivity contribution >= 4 is 27.3 Å². The van der Waals surface area contributed by atoms with Gasteiger partial charge in [0.05, 0.1) is 0 Å². The molecule has 1 fully saturated rings. The lowest BCUT2D eigenvalue weighted by atomic mass is 10.2. The molecule has 0 saturated carbocycles. The molecule has 8 nitrogen and oxygen atoms in total. The van der Waals surface area contributed by atoms with Crippen molar-refractivity contribution < 1.29 is 17.7 Å². The molecule has 4 rings (SSSR count). The van der Waals surface area contributed by atoms with Crippen molar-refractivity contribution in [1.29, 1.82) is 0 Å². The van der Waals surface area contributed by atoms with E-state index in [1.807, 2.05) is 30.3 Å². The van der Waals surface area contributed by atoms with Gasteiger partial charge in [-0.15, -0.1) is 11.3 Å². The number of thiophene rings is 1. The van der Waals surface area contributed by atoms with Crippen molar-refractivity contribution in [2.45, 2.75) is 23.6 Å². The first kappa shape index (κ1) is 18.8. The summed E-state index contributed by atoms with van der Waals surface area (Å²) in [5, 5.41) is 5.46. The van der Waals surface area contributed by atoms with Gasteiger partial charge in [0, 0.05) is 30.6 Å². The highest BCUT2D eigenvalue weighted by Gasteiger charge is 2.26. The van der Waals surface area contributed by atoms with Crippen LogP contribution in [0.25, 0.3) is 11.4 Å². The van der Waals surface area contributed by atoms with Gasteiger partial charge in [-0.3, -0.25) is 4.79 Å². The monoisotopic (exact) mass is 418 g/mol. The van der Waals surface area contributed by atoms with Crippen molar-refractivity contribution in [3.05, 3.63) is 53.2 Å². The Kier molecular flexibility index (Phi) is 5.25. The minimum atomic E-state index is -3.66. The normalized spacial score (nSPS) is 14.5. The number of hydrogen-bond donors (Lipinski definition) is 1. The lowest BCUT2D eigenvalue weighted by Crippen LogP contribution is -2.27. The van der Waals surface area contributed by atoms with E-state index < -0.39 is 10.0 Å². The van der Waals surface area contributed by atoms with Gasteiger partial charge in [-0.2, -0.15) is 4.98 Å². The summed E-state index contributed by atoms with van der Waals surface area (Å²) in [6, 6.07) is 10.7. The Morgan fingerprint density at radius 3 is 2.71 bits per heavy atom. The second-order valence-corrected chi connectivity index (χ2v) is 9.29. The van der Waals surface area contributed by atoms with E-state index in [9.17, 15) is 13.2 Å². The molecule has 0 aliphatic carbocycles. The summed E-state index contributed by atoms with van der Waals surface area (Å²) in [7, 11) is -3.66. The first-order valence-electron chi connectivity index (χ1n) is 8.78. The first-order chi connectivity index (χ1) is 13.5. The number of likely N-dealkylation sites (tertiary alicyclic amines) is 1. The Morgan fingerprint density at radius 1 is 1.21 bits per heavy atom. The Morgan fingerprint density at radius 2 is 1.96 bits per heavy atom. The van der Waals surface area contributed by atoms with Gasteiger partial charge in [0.2, 0.25) is 15.8 Å². The standard InChI is InChI=1S/C18H18N4O4S2/c23-18(22-8-4-5-9-22)17-20-16(21-26-17)14-10-15(27-12-14)28(24,25)19-11-13-6-2-1-3-7-13/h1-3,6-7,10,12,19H,4-5,8-9,11H2. The summed E-state index contributed by atoms with van der Waals surface area (Å²) < 4.78 is 32.8. The molecule has 28 heavy (non-hydrogen) atoms. The van der Waals surface area contributed by atoms with Gasteiger partial charge in [-0.05, 0) is 24.5 Å². The number of carbonyl (C=O) groups is 1. The number of amides is 1. The number of carbonyl (C=O) groups excluding carboxylic acids is 1. The second kappa shape index (κ2) is 7.82. The van der Waals surface area contributed by atoms with E-state index >= 15 is 0 Å². The number of hydrogen-bond acceptors (Lipinski definition) is 7. The first-order valence-corrected chi connectivity index (χ1v) is 11.1. The van der Waals surface area contributed by atoms with Crippen LogP contribution in [0, 0.1) is 0 Å². The Bertz CT molecular complexity index is 1070. The molecule has 1 N–H and O–H groups in total. The van der Waals surface area contributed by atoms with Gasteiger partial charge in [0.1, 0.15) is 4.21 Å². The summed E-state index contributed by atoms with van der Waals surface area (Å²) in [5.41, 5.74) is 1.36. The predicted octanol–water partition coefficient (Wildman–Crippen LogP) is 2.51. The molecular weight excluding hydrogens is 400 g/mol. The van der Waals surface area contributed by atoms with Crippen LogP contribution < -0.4 is 4.72 Å². The van der Waals surface area contributed by atoms with Crippen molar-refractivity contribution in [2.24, 2.45) is 0 Å². The van der Waals surface area contributed by atoms with E-state index in [1.165, 1.54) is 6.07 Å². The largest absolute Gasteiger partial charge is 0.334 e. The van der Waals surface area contributed by atoms with E-state index in [0.29, 0.717) is 18.7 Å². The smallest absolute Gasteiger partial charge is 0.316 e. The minimum absolute atomic E-state index is 0.0743. The Labute approximate surface area is 166 Å². The number of benzene rings is 1. The topological polar surface area (TPSA) is 105 Å². The van der Waals surface area contributed by atoms with Crippen LogP contribution in [0.3, 0.4) is 0 Å². The van der Waals surface area contributed by atoms with Crippen LogP contribution in [-0.4, -0.2) is 42.5 Å². The zero-order valence-electron chi connectivity index (χ0n) is 14.9. The molecule has 146 valence electrons. The fourth-order valence-electron chi connectivity index (χ4n) is 2.90. The third-order valence-corrected chi connectivity index (χ3v) is 7.25. The number of sulfonamides is 1. The van der Waals surface area contributed by atoms with E-state index in [4.69, 9.17) is 4.52 Å². The third-order valence-electron chi connectivity index (χ3n) is 4.41. The highest BCUT2D eigenvalue weighted by molar-refractivity contribution is 7.91. The molecule has 10 heteroatoms. The van der Waals surface area contributed by atoms with Crippen LogP contribution in [0.2, 0.25) is 0 Å². The maximum absolute atomic E-state index is 12.5. The molecule has 0 unspecified atom stereocenters. The average Bonchev–Trinajstić information content (AvgIpc) is 3.47.